The maximum absolute atomic E-state index is 4.18. The van der Waals surface area contributed by atoms with Crippen molar-refractivity contribution in [2.75, 3.05) is 0 Å². The highest BCUT2D eigenvalue weighted by molar-refractivity contribution is 4.86. The third-order valence-corrected chi connectivity index (χ3v) is 2.66. The van der Waals surface area contributed by atoms with Gasteiger partial charge in [0.25, 0.3) is 0 Å². The van der Waals surface area contributed by atoms with Gasteiger partial charge >= 0.3 is 0 Å². The normalized spacial score (nSPS) is 12.9. The Kier molecular flexibility index (Phi) is 6.09. The average Bonchev–Trinajstić information content (AvgIpc) is 2.74. The summed E-state index contributed by atoms with van der Waals surface area (Å²) in [5, 5.41) is 3.47. The summed E-state index contributed by atoms with van der Waals surface area (Å²) in [6.45, 7) is 5.34. The van der Waals surface area contributed by atoms with Crippen LogP contribution in [0.2, 0.25) is 0 Å². The number of imidazole rings is 1. The Morgan fingerprint density at radius 2 is 2.27 bits per heavy atom. The Morgan fingerprint density at radius 1 is 1.40 bits per heavy atom. The molecule has 3 heteroatoms. The summed E-state index contributed by atoms with van der Waals surface area (Å²) in [5.74, 6) is 1.02. The maximum Gasteiger partial charge on any atom is 0.120 e. The number of H-pyrrole nitrogens is 1. The van der Waals surface area contributed by atoms with Crippen molar-refractivity contribution in [2.45, 2.75) is 58.5 Å². The summed E-state index contributed by atoms with van der Waals surface area (Å²) < 4.78 is 0. The molecule has 0 spiro atoms. The second-order valence-corrected chi connectivity index (χ2v) is 4.17. The third-order valence-electron chi connectivity index (χ3n) is 2.66. The molecule has 3 nitrogen and oxygen atoms in total. The van der Waals surface area contributed by atoms with Crippen LogP contribution in [0, 0.1) is 0 Å². The van der Waals surface area contributed by atoms with E-state index in [9.17, 15) is 0 Å². The van der Waals surface area contributed by atoms with Crippen molar-refractivity contribution in [1.82, 2.24) is 15.3 Å². The molecule has 0 bridgehead atoms. The summed E-state index contributed by atoms with van der Waals surface area (Å²) in [7, 11) is 0. The highest BCUT2D eigenvalue weighted by Crippen LogP contribution is 2.05. The van der Waals surface area contributed by atoms with E-state index in [1.165, 1.54) is 32.1 Å². The van der Waals surface area contributed by atoms with E-state index >= 15 is 0 Å². The minimum Gasteiger partial charge on any atom is -0.348 e. The molecule has 0 aliphatic rings. The van der Waals surface area contributed by atoms with Crippen molar-refractivity contribution in [3.8, 4) is 0 Å². The zero-order valence-corrected chi connectivity index (χ0v) is 9.92. The van der Waals surface area contributed by atoms with Gasteiger partial charge in [-0.1, -0.05) is 32.6 Å². The van der Waals surface area contributed by atoms with Crippen LogP contribution in [0.25, 0.3) is 0 Å². The van der Waals surface area contributed by atoms with Gasteiger partial charge in [0.1, 0.15) is 5.82 Å². The molecule has 1 aromatic heterocycles. The van der Waals surface area contributed by atoms with E-state index in [-0.39, 0.29) is 0 Å². The van der Waals surface area contributed by atoms with Crippen LogP contribution in [-0.2, 0) is 6.54 Å². The molecule has 86 valence electrons. The highest BCUT2D eigenvalue weighted by Gasteiger charge is 2.01. The van der Waals surface area contributed by atoms with Gasteiger partial charge in [-0.15, -0.1) is 0 Å². The minimum absolute atomic E-state index is 0.590. The first-order valence-corrected chi connectivity index (χ1v) is 6.04. The Balaban J connectivity index is 2.01. The molecule has 1 atom stereocenters. The Bertz CT molecular complexity index is 231. The molecule has 0 aliphatic carbocycles. The van der Waals surface area contributed by atoms with E-state index in [4.69, 9.17) is 0 Å². The fourth-order valence-corrected chi connectivity index (χ4v) is 1.64. The van der Waals surface area contributed by atoms with Crippen LogP contribution >= 0.6 is 0 Å². The van der Waals surface area contributed by atoms with Crippen LogP contribution in [0.3, 0.4) is 0 Å². The average molecular weight is 209 g/mol. The predicted octanol–water partition coefficient (Wildman–Crippen LogP) is 2.86. The SMILES string of the molecule is CCCCCCC(C)NCc1ncc[nH]1. The van der Waals surface area contributed by atoms with Crippen molar-refractivity contribution < 1.29 is 0 Å². The predicted molar refractivity (Wildman–Crippen MR) is 63.6 cm³/mol. The number of hydrogen-bond acceptors (Lipinski definition) is 2. The van der Waals surface area contributed by atoms with Crippen LogP contribution in [0.1, 0.15) is 51.8 Å². The second kappa shape index (κ2) is 7.46. The lowest BCUT2D eigenvalue weighted by Gasteiger charge is -2.12. The van der Waals surface area contributed by atoms with E-state index in [0.29, 0.717) is 6.04 Å². The molecule has 1 unspecified atom stereocenters. The van der Waals surface area contributed by atoms with Gasteiger partial charge in [0.15, 0.2) is 0 Å². The topological polar surface area (TPSA) is 40.7 Å². The Morgan fingerprint density at radius 3 is 2.93 bits per heavy atom. The van der Waals surface area contributed by atoms with E-state index in [1.807, 2.05) is 6.20 Å². The molecule has 2 N–H and O–H groups in total. The van der Waals surface area contributed by atoms with Gasteiger partial charge in [-0.2, -0.15) is 0 Å². The molecule has 1 heterocycles. The Labute approximate surface area is 92.7 Å². The van der Waals surface area contributed by atoms with E-state index in [2.05, 4.69) is 29.1 Å². The first-order valence-electron chi connectivity index (χ1n) is 6.04. The number of aromatic nitrogens is 2. The molecule has 0 aromatic carbocycles. The van der Waals surface area contributed by atoms with Gasteiger partial charge in [-0.05, 0) is 13.3 Å². The summed E-state index contributed by atoms with van der Waals surface area (Å²) in [6.07, 6.45) is 10.3. The molecular weight excluding hydrogens is 186 g/mol. The highest BCUT2D eigenvalue weighted by atomic mass is 15.0. The lowest BCUT2D eigenvalue weighted by Crippen LogP contribution is -2.25. The van der Waals surface area contributed by atoms with Crippen LogP contribution in [-0.4, -0.2) is 16.0 Å². The number of unbranched alkanes of at least 4 members (excludes halogenated alkanes) is 3. The Hall–Kier alpha value is -0.830. The van der Waals surface area contributed by atoms with Crippen molar-refractivity contribution >= 4 is 0 Å². The molecule has 0 saturated heterocycles. The van der Waals surface area contributed by atoms with Crippen molar-refractivity contribution in [3.63, 3.8) is 0 Å². The maximum atomic E-state index is 4.18. The molecule has 0 fully saturated rings. The molecular formula is C12H23N3. The molecule has 1 aromatic rings. The van der Waals surface area contributed by atoms with Gasteiger partial charge in [-0.3, -0.25) is 0 Å². The third kappa shape index (κ3) is 5.57. The monoisotopic (exact) mass is 209 g/mol. The first kappa shape index (κ1) is 12.2. The number of nitrogens with zero attached hydrogens (tertiary/aromatic N) is 1. The zero-order valence-electron chi connectivity index (χ0n) is 9.92. The van der Waals surface area contributed by atoms with Gasteiger partial charge in [0.2, 0.25) is 0 Å². The minimum atomic E-state index is 0.590. The quantitative estimate of drug-likeness (QED) is 0.646. The van der Waals surface area contributed by atoms with Gasteiger partial charge < -0.3 is 10.3 Å². The van der Waals surface area contributed by atoms with E-state index in [0.717, 1.165) is 12.4 Å². The first-order chi connectivity index (χ1) is 7.33. The van der Waals surface area contributed by atoms with Crippen molar-refractivity contribution in [1.29, 1.82) is 0 Å². The second-order valence-electron chi connectivity index (χ2n) is 4.17. The van der Waals surface area contributed by atoms with Crippen LogP contribution in [0.15, 0.2) is 12.4 Å². The van der Waals surface area contributed by atoms with Crippen molar-refractivity contribution in [3.05, 3.63) is 18.2 Å². The number of hydrogen-bond donors (Lipinski definition) is 2. The van der Waals surface area contributed by atoms with Crippen LogP contribution in [0.5, 0.6) is 0 Å². The number of nitrogens with one attached hydrogen (secondary N) is 2. The van der Waals surface area contributed by atoms with Gasteiger partial charge in [0.05, 0.1) is 6.54 Å². The molecule has 1 rings (SSSR count). The largest absolute Gasteiger partial charge is 0.348 e. The molecule has 0 radical (unpaired) electrons. The molecule has 0 aliphatic heterocycles. The smallest absolute Gasteiger partial charge is 0.120 e. The number of aromatic amines is 1. The summed E-state index contributed by atoms with van der Waals surface area (Å²) >= 11 is 0. The summed E-state index contributed by atoms with van der Waals surface area (Å²) in [6, 6.07) is 0.590. The van der Waals surface area contributed by atoms with Gasteiger partial charge in [0, 0.05) is 18.4 Å². The zero-order chi connectivity index (χ0) is 10.9. The summed E-state index contributed by atoms with van der Waals surface area (Å²) in [5.41, 5.74) is 0. The lowest BCUT2D eigenvalue weighted by molar-refractivity contribution is 0.477. The fraction of sp³-hybridized carbons (Fsp3) is 0.750. The van der Waals surface area contributed by atoms with Crippen molar-refractivity contribution in [2.24, 2.45) is 0 Å². The molecule has 15 heavy (non-hydrogen) atoms. The van der Waals surface area contributed by atoms with Gasteiger partial charge in [-0.25, -0.2) is 4.98 Å². The standard InChI is InChI=1S/C12H23N3/c1-3-4-5-6-7-11(2)15-10-12-13-8-9-14-12/h8-9,11,15H,3-7,10H2,1-2H3,(H,13,14). The van der Waals surface area contributed by atoms with Crippen LogP contribution in [0.4, 0.5) is 0 Å². The van der Waals surface area contributed by atoms with Crippen LogP contribution < -0.4 is 5.32 Å². The van der Waals surface area contributed by atoms with E-state index in [1.54, 1.807) is 6.20 Å². The lowest BCUT2D eigenvalue weighted by atomic mass is 10.1. The van der Waals surface area contributed by atoms with E-state index < -0.39 is 0 Å². The molecule has 0 amide bonds. The number of rotatable bonds is 8. The summed E-state index contributed by atoms with van der Waals surface area (Å²) in [4.78, 5) is 7.28. The molecule has 0 saturated carbocycles. The fourth-order valence-electron chi connectivity index (χ4n) is 1.64.